The van der Waals surface area contributed by atoms with Crippen molar-refractivity contribution in [3.05, 3.63) is 81.7 Å². The van der Waals surface area contributed by atoms with E-state index in [-0.39, 0.29) is 16.5 Å². The van der Waals surface area contributed by atoms with Crippen LogP contribution in [0.2, 0.25) is 5.02 Å². The second-order valence-corrected chi connectivity index (χ2v) is 7.48. The number of nitrogens with zero attached hydrogens (tertiary/aromatic N) is 4. The molecule has 7 nitrogen and oxygen atoms in total. The number of hydrogen-bond donors (Lipinski definition) is 0. The minimum atomic E-state index is -0.366. The highest BCUT2D eigenvalue weighted by atomic mass is 35.5. The largest absolute Gasteiger partial charge is 0.493 e. The fraction of sp³-hybridized carbons (Fsp3) is 0.261. The number of piperazine rings is 1. The summed E-state index contributed by atoms with van der Waals surface area (Å²) in [5.74, 6) is 0.529. The van der Waals surface area contributed by atoms with Crippen molar-refractivity contribution < 1.29 is 9.53 Å². The Labute approximate surface area is 185 Å². The number of para-hydroxylation sites is 2. The van der Waals surface area contributed by atoms with Gasteiger partial charge >= 0.3 is 0 Å². The molecule has 0 saturated carbocycles. The molecule has 1 aliphatic heterocycles. The van der Waals surface area contributed by atoms with Crippen molar-refractivity contribution in [1.82, 2.24) is 14.7 Å². The molecule has 4 rings (SSSR count). The molecule has 8 heteroatoms. The lowest BCUT2D eigenvalue weighted by Crippen LogP contribution is -2.49. The Bertz CT molecular complexity index is 1130. The third kappa shape index (κ3) is 4.27. The number of ether oxygens (including phenoxy) is 1. The summed E-state index contributed by atoms with van der Waals surface area (Å²) in [6.45, 7) is 4.52. The number of carbonyl (C=O) groups is 1. The van der Waals surface area contributed by atoms with Crippen LogP contribution in [0.5, 0.6) is 5.75 Å². The Kier molecular flexibility index (Phi) is 6.23. The molecule has 31 heavy (non-hydrogen) atoms. The van der Waals surface area contributed by atoms with Gasteiger partial charge < -0.3 is 14.5 Å². The molecule has 2 heterocycles. The molecule has 0 bridgehead atoms. The van der Waals surface area contributed by atoms with E-state index >= 15 is 0 Å². The zero-order valence-corrected chi connectivity index (χ0v) is 18.0. The number of benzene rings is 2. The number of rotatable bonds is 5. The van der Waals surface area contributed by atoms with E-state index in [1.54, 1.807) is 35.4 Å². The van der Waals surface area contributed by atoms with Crippen LogP contribution in [0.1, 0.15) is 17.3 Å². The standard InChI is InChI=1S/C23H23ClN4O3/c1-2-31-20-11-7-6-10-18(20)22(29)27-14-12-26(13-15-27)19-16-25-28(23(30)21(19)24)17-8-4-3-5-9-17/h3-11,16H,2,12-15H2,1H3. The Hall–Kier alpha value is -3.32. The van der Waals surface area contributed by atoms with E-state index in [1.807, 2.05) is 42.2 Å². The molecule has 0 unspecified atom stereocenters. The van der Waals surface area contributed by atoms with Crippen LogP contribution in [0.15, 0.2) is 65.6 Å². The third-order valence-electron chi connectivity index (χ3n) is 5.23. The van der Waals surface area contributed by atoms with Crippen molar-refractivity contribution in [3.8, 4) is 11.4 Å². The van der Waals surface area contributed by atoms with Crippen LogP contribution < -0.4 is 15.2 Å². The van der Waals surface area contributed by atoms with Crippen LogP contribution in [0, 0.1) is 0 Å². The molecule has 0 aliphatic carbocycles. The van der Waals surface area contributed by atoms with Crippen LogP contribution in [0.25, 0.3) is 5.69 Å². The summed E-state index contributed by atoms with van der Waals surface area (Å²) in [5, 5.41) is 4.42. The lowest BCUT2D eigenvalue weighted by atomic mass is 10.1. The topological polar surface area (TPSA) is 67.7 Å². The zero-order valence-electron chi connectivity index (χ0n) is 17.2. The first-order chi connectivity index (χ1) is 15.1. The maximum atomic E-state index is 13.0. The molecule has 1 amide bonds. The predicted molar refractivity (Wildman–Crippen MR) is 121 cm³/mol. The maximum Gasteiger partial charge on any atom is 0.292 e. The van der Waals surface area contributed by atoms with Gasteiger partial charge in [0.1, 0.15) is 10.8 Å². The van der Waals surface area contributed by atoms with Crippen LogP contribution in [0.3, 0.4) is 0 Å². The molecule has 2 aromatic carbocycles. The monoisotopic (exact) mass is 438 g/mol. The molecule has 3 aromatic rings. The zero-order chi connectivity index (χ0) is 21.8. The molecule has 160 valence electrons. The van der Waals surface area contributed by atoms with Crippen LogP contribution >= 0.6 is 11.6 Å². The lowest BCUT2D eigenvalue weighted by molar-refractivity contribution is 0.0742. The molecular weight excluding hydrogens is 416 g/mol. The summed E-state index contributed by atoms with van der Waals surface area (Å²) in [4.78, 5) is 29.5. The fourth-order valence-corrected chi connectivity index (χ4v) is 3.89. The quantitative estimate of drug-likeness (QED) is 0.611. The number of amides is 1. The molecule has 0 atom stereocenters. The van der Waals surface area contributed by atoms with Crippen LogP contribution in [0.4, 0.5) is 5.69 Å². The highest BCUT2D eigenvalue weighted by Gasteiger charge is 2.26. The summed E-state index contributed by atoms with van der Waals surface area (Å²) in [6, 6.07) is 16.4. The lowest BCUT2D eigenvalue weighted by Gasteiger charge is -2.36. The third-order valence-corrected chi connectivity index (χ3v) is 5.58. The molecular formula is C23H23ClN4O3. The summed E-state index contributed by atoms with van der Waals surface area (Å²) < 4.78 is 6.88. The molecule has 0 spiro atoms. The first-order valence-corrected chi connectivity index (χ1v) is 10.6. The van der Waals surface area contributed by atoms with Crippen molar-refractivity contribution in [2.45, 2.75) is 6.92 Å². The SMILES string of the molecule is CCOc1ccccc1C(=O)N1CCN(c2cnn(-c3ccccc3)c(=O)c2Cl)CC1. The van der Waals surface area contributed by atoms with Crippen molar-refractivity contribution in [1.29, 1.82) is 0 Å². The van der Waals surface area contributed by atoms with Crippen LogP contribution in [-0.4, -0.2) is 53.4 Å². The predicted octanol–water partition coefficient (Wildman–Crippen LogP) is 3.25. The average molecular weight is 439 g/mol. The van der Waals surface area contributed by atoms with Crippen LogP contribution in [-0.2, 0) is 0 Å². The molecule has 1 aliphatic rings. The first kappa shape index (κ1) is 20.9. The molecule has 0 radical (unpaired) electrons. The van der Waals surface area contributed by atoms with E-state index in [1.165, 1.54) is 4.68 Å². The van der Waals surface area contributed by atoms with Crippen molar-refractivity contribution in [3.63, 3.8) is 0 Å². The van der Waals surface area contributed by atoms with E-state index in [2.05, 4.69) is 5.10 Å². The second-order valence-electron chi connectivity index (χ2n) is 7.10. The van der Waals surface area contributed by atoms with E-state index in [9.17, 15) is 9.59 Å². The fourth-order valence-electron chi connectivity index (χ4n) is 3.64. The van der Waals surface area contributed by atoms with Gasteiger partial charge in [0, 0.05) is 26.2 Å². The Morgan fingerprint density at radius 3 is 2.42 bits per heavy atom. The minimum absolute atomic E-state index is 0.0626. The van der Waals surface area contributed by atoms with Gasteiger partial charge in [0.05, 0.1) is 29.7 Å². The van der Waals surface area contributed by atoms with Gasteiger partial charge in [0.2, 0.25) is 0 Å². The van der Waals surface area contributed by atoms with Crippen molar-refractivity contribution in [2.75, 3.05) is 37.7 Å². The highest BCUT2D eigenvalue weighted by molar-refractivity contribution is 6.33. The average Bonchev–Trinajstić information content (AvgIpc) is 2.82. The summed E-state index contributed by atoms with van der Waals surface area (Å²) in [7, 11) is 0. The smallest absolute Gasteiger partial charge is 0.292 e. The van der Waals surface area contributed by atoms with Gasteiger partial charge in [-0.15, -0.1) is 0 Å². The second kappa shape index (κ2) is 9.22. The number of halogens is 1. The normalized spacial score (nSPS) is 13.9. The number of anilines is 1. The molecule has 1 saturated heterocycles. The number of carbonyl (C=O) groups excluding carboxylic acids is 1. The van der Waals surface area contributed by atoms with Gasteiger partial charge in [-0.25, -0.2) is 0 Å². The van der Waals surface area contributed by atoms with E-state index in [0.717, 1.165) is 0 Å². The maximum absolute atomic E-state index is 13.0. The number of hydrogen-bond acceptors (Lipinski definition) is 5. The minimum Gasteiger partial charge on any atom is -0.493 e. The van der Waals surface area contributed by atoms with E-state index in [4.69, 9.17) is 16.3 Å². The summed E-state index contributed by atoms with van der Waals surface area (Å²) in [6.07, 6.45) is 1.61. The Morgan fingerprint density at radius 2 is 1.71 bits per heavy atom. The van der Waals surface area contributed by atoms with Gasteiger partial charge in [0.15, 0.2) is 0 Å². The summed E-state index contributed by atoms with van der Waals surface area (Å²) in [5.41, 5.74) is 1.43. The Morgan fingerprint density at radius 1 is 1.03 bits per heavy atom. The van der Waals surface area contributed by atoms with E-state index < -0.39 is 0 Å². The molecule has 0 N–H and O–H groups in total. The first-order valence-electron chi connectivity index (χ1n) is 10.2. The highest BCUT2D eigenvalue weighted by Crippen LogP contribution is 2.25. The van der Waals surface area contributed by atoms with Gasteiger partial charge in [-0.1, -0.05) is 41.9 Å². The molecule has 1 aromatic heterocycles. The van der Waals surface area contributed by atoms with Gasteiger partial charge in [-0.05, 0) is 31.2 Å². The number of aromatic nitrogens is 2. The van der Waals surface area contributed by atoms with Gasteiger partial charge in [-0.3, -0.25) is 9.59 Å². The summed E-state index contributed by atoms with van der Waals surface area (Å²) >= 11 is 6.42. The Balaban J connectivity index is 1.49. The van der Waals surface area contributed by atoms with E-state index in [0.29, 0.717) is 55.5 Å². The van der Waals surface area contributed by atoms with Gasteiger partial charge in [0.25, 0.3) is 11.5 Å². The van der Waals surface area contributed by atoms with Crippen molar-refractivity contribution in [2.24, 2.45) is 0 Å². The van der Waals surface area contributed by atoms with Gasteiger partial charge in [-0.2, -0.15) is 9.78 Å². The van der Waals surface area contributed by atoms with Crippen molar-refractivity contribution >= 4 is 23.2 Å². The molecule has 1 fully saturated rings.